The average molecular weight is 360 g/mol. The topological polar surface area (TPSA) is 46.3 Å². The fourth-order valence-electron chi connectivity index (χ4n) is 2.70. The first-order valence-electron chi connectivity index (χ1n) is 8.19. The van der Waals surface area contributed by atoms with Crippen molar-refractivity contribution < 1.29 is 9.21 Å². The van der Waals surface area contributed by atoms with Crippen molar-refractivity contribution in [3.8, 4) is 0 Å². The Morgan fingerprint density at radius 2 is 1.88 bits per heavy atom. The highest BCUT2D eigenvalue weighted by Crippen LogP contribution is 2.35. The number of amides is 1. The first-order valence-corrected chi connectivity index (χ1v) is 9.01. The normalized spacial score (nSPS) is 11.3. The molecule has 0 radical (unpaired) electrons. The monoisotopic (exact) mass is 360 g/mol. The smallest absolute Gasteiger partial charge is 0.257 e. The van der Waals surface area contributed by atoms with Crippen molar-refractivity contribution in [2.45, 2.75) is 6.92 Å². The molecule has 4 aromatic rings. The summed E-state index contributed by atoms with van der Waals surface area (Å²) in [6, 6.07) is 19.3. The van der Waals surface area contributed by atoms with Crippen molar-refractivity contribution in [2.75, 3.05) is 4.90 Å². The molecule has 0 N–H and O–H groups in total. The number of aryl methyl sites for hydroxylation is 1. The average Bonchev–Trinajstić information content (AvgIpc) is 3.31. The van der Waals surface area contributed by atoms with E-state index in [0.29, 0.717) is 10.9 Å². The number of carbonyl (C=O) groups excluding carboxylic acids is 1. The predicted octanol–water partition coefficient (Wildman–Crippen LogP) is 5.58. The summed E-state index contributed by atoms with van der Waals surface area (Å²) in [5.74, 6) is 0.460. The van der Waals surface area contributed by atoms with Crippen molar-refractivity contribution in [1.82, 2.24) is 4.98 Å². The fourth-order valence-corrected chi connectivity index (χ4v) is 3.69. The summed E-state index contributed by atoms with van der Waals surface area (Å²) in [5, 5.41) is 0.648. The lowest BCUT2D eigenvalue weighted by Crippen LogP contribution is -2.24. The van der Waals surface area contributed by atoms with Gasteiger partial charge in [0.1, 0.15) is 5.76 Å². The highest BCUT2D eigenvalue weighted by atomic mass is 32.1. The molecule has 0 unspecified atom stereocenters. The largest absolute Gasteiger partial charge is 0.465 e. The van der Waals surface area contributed by atoms with Gasteiger partial charge in [0.25, 0.3) is 5.91 Å². The lowest BCUT2D eigenvalue weighted by atomic mass is 10.2. The van der Waals surface area contributed by atoms with Crippen molar-refractivity contribution >= 4 is 44.4 Å². The van der Waals surface area contributed by atoms with Crippen molar-refractivity contribution in [1.29, 1.82) is 0 Å². The second-order valence-electron chi connectivity index (χ2n) is 5.77. The Labute approximate surface area is 155 Å². The van der Waals surface area contributed by atoms with Crippen LogP contribution in [-0.4, -0.2) is 10.9 Å². The predicted molar refractivity (Wildman–Crippen MR) is 106 cm³/mol. The zero-order valence-electron chi connectivity index (χ0n) is 14.1. The SMILES string of the molecule is Cc1ccccc1N(C(=O)/C=C/c1ccco1)c1nc2ccccc2s1. The van der Waals surface area contributed by atoms with E-state index in [2.05, 4.69) is 4.98 Å². The molecule has 0 aliphatic rings. The minimum atomic E-state index is -0.172. The van der Waals surface area contributed by atoms with Gasteiger partial charge in [-0.2, -0.15) is 0 Å². The minimum absolute atomic E-state index is 0.172. The Bertz CT molecular complexity index is 1050. The number of para-hydroxylation sites is 2. The lowest BCUT2D eigenvalue weighted by molar-refractivity contribution is -0.113. The van der Waals surface area contributed by atoms with Crippen molar-refractivity contribution in [2.24, 2.45) is 0 Å². The van der Waals surface area contributed by atoms with Gasteiger partial charge in [-0.25, -0.2) is 4.98 Å². The summed E-state index contributed by atoms with van der Waals surface area (Å²) in [7, 11) is 0. The van der Waals surface area contributed by atoms with Gasteiger partial charge in [-0.05, 0) is 48.9 Å². The van der Waals surface area contributed by atoms with E-state index in [0.717, 1.165) is 21.5 Å². The summed E-state index contributed by atoms with van der Waals surface area (Å²) in [4.78, 5) is 19.3. The molecular weight excluding hydrogens is 344 g/mol. The Hall–Kier alpha value is -3.18. The van der Waals surface area contributed by atoms with Gasteiger partial charge in [0.15, 0.2) is 5.13 Å². The second-order valence-corrected chi connectivity index (χ2v) is 6.78. The number of anilines is 2. The summed E-state index contributed by atoms with van der Waals surface area (Å²) in [6.45, 7) is 1.99. The number of rotatable bonds is 4. The Balaban J connectivity index is 1.79. The first-order chi connectivity index (χ1) is 12.7. The molecule has 5 heteroatoms. The molecule has 0 fully saturated rings. The fraction of sp³-hybridized carbons (Fsp3) is 0.0476. The molecule has 0 saturated carbocycles. The molecule has 0 atom stereocenters. The maximum absolute atomic E-state index is 13.0. The van der Waals surface area contributed by atoms with Gasteiger partial charge in [-0.1, -0.05) is 41.7 Å². The highest BCUT2D eigenvalue weighted by Gasteiger charge is 2.21. The van der Waals surface area contributed by atoms with Crippen LogP contribution in [0, 0.1) is 6.92 Å². The molecule has 0 aliphatic heterocycles. The Morgan fingerprint density at radius 1 is 1.08 bits per heavy atom. The zero-order chi connectivity index (χ0) is 17.9. The van der Waals surface area contributed by atoms with Crippen molar-refractivity contribution in [3.05, 3.63) is 84.3 Å². The summed E-state index contributed by atoms with van der Waals surface area (Å²) in [6.07, 6.45) is 4.76. The van der Waals surface area contributed by atoms with Gasteiger partial charge in [-0.15, -0.1) is 0 Å². The Kier molecular flexibility index (Phi) is 4.37. The number of hydrogen-bond acceptors (Lipinski definition) is 4. The van der Waals surface area contributed by atoms with Gasteiger partial charge in [0, 0.05) is 6.08 Å². The van der Waals surface area contributed by atoms with Gasteiger partial charge in [0.2, 0.25) is 0 Å². The Morgan fingerprint density at radius 3 is 2.65 bits per heavy atom. The van der Waals surface area contributed by atoms with Gasteiger partial charge in [0.05, 0.1) is 22.2 Å². The summed E-state index contributed by atoms with van der Waals surface area (Å²) < 4.78 is 6.32. The van der Waals surface area contributed by atoms with Crippen LogP contribution in [0.4, 0.5) is 10.8 Å². The molecule has 0 saturated heterocycles. The van der Waals surface area contributed by atoms with E-state index in [4.69, 9.17) is 4.42 Å². The van der Waals surface area contributed by atoms with Crippen LogP contribution in [0.3, 0.4) is 0 Å². The molecule has 4 rings (SSSR count). The number of hydrogen-bond donors (Lipinski definition) is 0. The van der Waals surface area contributed by atoms with E-state index in [1.54, 1.807) is 29.4 Å². The quantitative estimate of drug-likeness (QED) is 0.447. The van der Waals surface area contributed by atoms with Crippen molar-refractivity contribution in [3.63, 3.8) is 0 Å². The van der Waals surface area contributed by atoms with Gasteiger partial charge < -0.3 is 4.42 Å². The van der Waals surface area contributed by atoms with E-state index < -0.39 is 0 Å². The van der Waals surface area contributed by atoms with E-state index in [1.165, 1.54) is 17.4 Å². The number of fused-ring (bicyclic) bond motifs is 1. The number of benzene rings is 2. The summed E-state index contributed by atoms with van der Waals surface area (Å²) >= 11 is 1.50. The number of thiazole rings is 1. The highest BCUT2D eigenvalue weighted by molar-refractivity contribution is 7.22. The molecule has 26 heavy (non-hydrogen) atoms. The zero-order valence-corrected chi connectivity index (χ0v) is 14.9. The van der Waals surface area contributed by atoms with E-state index in [1.807, 2.05) is 55.5 Å². The molecule has 4 nitrogen and oxygen atoms in total. The van der Waals surface area contributed by atoms with Crippen LogP contribution < -0.4 is 4.90 Å². The molecule has 2 aromatic carbocycles. The third-order valence-electron chi connectivity index (χ3n) is 3.98. The first kappa shape index (κ1) is 16.3. The van der Waals surface area contributed by atoms with E-state index in [-0.39, 0.29) is 5.91 Å². The second kappa shape index (κ2) is 6.98. The number of nitrogens with zero attached hydrogens (tertiary/aromatic N) is 2. The van der Waals surface area contributed by atoms with Crippen LogP contribution in [0.25, 0.3) is 16.3 Å². The van der Waals surface area contributed by atoms with E-state index >= 15 is 0 Å². The number of carbonyl (C=O) groups is 1. The third kappa shape index (κ3) is 3.17. The van der Waals surface area contributed by atoms with Crippen LogP contribution in [0.15, 0.2) is 77.4 Å². The van der Waals surface area contributed by atoms with Crippen LogP contribution >= 0.6 is 11.3 Å². The summed E-state index contributed by atoms with van der Waals surface area (Å²) in [5.41, 5.74) is 2.71. The van der Waals surface area contributed by atoms with Gasteiger partial charge in [-0.3, -0.25) is 9.69 Å². The van der Waals surface area contributed by atoms with E-state index in [9.17, 15) is 4.79 Å². The molecule has 1 amide bonds. The van der Waals surface area contributed by atoms with Crippen LogP contribution in [-0.2, 0) is 4.79 Å². The van der Waals surface area contributed by atoms with Crippen LogP contribution in [0.1, 0.15) is 11.3 Å². The molecule has 0 aliphatic carbocycles. The maximum atomic E-state index is 13.0. The lowest BCUT2D eigenvalue weighted by Gasteiger charge is -2.20. The maximum Gasteiger partial charge on any atom is 0.257 e. The molecule has 2 aromatic heterocycles. The van der Waals surface area contributed by atoms with Crippen LogP contribution in [0.2, 0.25) is 0 Å². The standard InChI is InChI=1S/C21H16N2O2S/c1-15-7-2-4-10-18(15)23(20(24)13-12-16-8-6-14-25-16)21-22-17-9-3-5-11-19(17)26-21/h2-14H,1H3/b13-12+. The number of aromatic nitrogens is 1. The number of furan rings is 1. The molecular formula is C21H16N2O2S. The molecule has 128 valence electrons. The molecule has 2 heterocycles. The molecule has 0 spiro atoms. The molecule has 0 bridgehead atoms. The van der Waals surface area contributed by atoms with Gasteiger partial charge >= 0.3 is 0 Å². The third-order valence-corrected chi connectivity index (χ3v) is 5.01. The minimum Gasteiger partial charge on any atom is -0.465 e. The van der Waals surface area contributed by atoms with Crippen LogP contribution in [0.5, 0.6) is 0 Å².